The highest BCUT2D eigenvalue weighted by molar-refractivity contribution is 7.09. The molecule has 0 N–H and O–H groups in total. The van der Waals surface area contributed by atoms with Crippen LogP contribution in [0.3, 0.4) is 0 Å². The number of hydrogen-bond acceptors (Lipinski definition) is 3. The molecule has 0 spiro atoms. The molecule has 3 nitrogen and oxygen atoms in total. The Hall–Kier alpha value is -2.59. The molecule has 1 aromatic heterocycles. The summed E-state index contributed by atoms with van der Waals surface area (Å²) in [5.41, 5.74) is 2.31. The lowest BCUT2D eigenvalue weighted by Gasteiger charge is -2.17. The number of para-hydroxylation sites is 1. The first-order chi connectivity index (χ1) is 12.2. The summed E-state index contributed by atoms with van der Waals surface area (Å²) in [5, 5.41) is 2.02. The van der Waals surface area contributed by atoms with Crippen LogP contribution in [0.25, 0.3) is 0 Å². The van der Waals surface area contributed by atoms with Crippen LogP contribution in [0.1, 0.15) is 16.0 Å². The molecule has 0 atom stereocenters. The molecule has 3 rings (SSSR count). The third-order valence-corrected chi connectivity index (χ3v) is 4.82. The van der Waals surface area contributed by atoms with Crippen LogP contribution < -0.4 is 4.74 Å². The quantitative estimate of drug-likeness (QED) is 0.632. The number of thiophene rings is 1. The Morgan fingerprint density at radius 1 is 1.00 bits per heavy atom. The van der Waals surface area contributed by atoms with Gasteiger partial charge in [-0.1, -0.05) is 54.6 Å². The fourth-order valence-corrected chi connectivity index (χ4v) is 3.34. The minimum absolute atomic E-state index is 0.0251. The van der Waals surface area contributed by atoms with Gasteiger partial charge in [-0.05, 0) is 28.6 Å². The predicted molar refractivity (Wildman–Crippen MR) is 102 cm³/mol. The van der Waals surface area contributed by atoms with Gasteiger partial charge in [0.25, 0.3) is 5.91 Å². The van der Waals surface area contributed by atoms with Gasteiger partial charge in [-0.3, -0.25) is 4.79 Å². The maximum absolute atomic E-state index is 12.3. The summed E-state index contributed by atoms with van der Waals surface area (Å²) in [6.45, 7) is 0.666. The largest absolute Gasteiger partial charge is 0.483 e. The zero-order chi connectivity index (χ0) is 17.5. The van der Waals surface area contributed by atoms with Gasteiger partial charge in [0, 0.05) is 18.3 Å². The Bertz CT molecular complexity index is 800. The van der Waals surface area contributed by atoms with Gasteiger partial charge in [-0.15, -0.1) is 11.3 Å². The zero-order valence-electron chi connectivity index (χ0n) is 14.2. The number of carbonyl (C=O) groups is 1. The van der Waals surface area contributed by atoms with Crippen molar-refractivity contribution in [3.63, 3.8) is 0 Å². The maximum atomic E-state index is 12.3. The minimum atomic E-state index is -0.0251. The van der Waals surface area contributed by atoms with Crippen LogP contribution in [-0.2, 0) is 17.8 Å². The number of hydrogen-bond donors (Lipinski definition) is 0. The third kappa shape index (κ3) is 4.94. The van der Waals surface area contributed by atoms with E-state index in [1.165, 1.54) is 10.4 Å². The Balaban J connectivity index is 1.60. The van der Waals surface area contributed by atoms with Crippen molar-refractivity contribution in [1.82, 2.24) is 4.90 Å². The molecule has 0 saturated heterocycles. The smallest absolute Gasteiger partial charge is 0.260 e. The summed E-state index contributed by atoms with van der Waals surface area (Å²) in [7, 11) is 1.81. The molecule has 0 aliphatic heterocycles. The van der Waals surface area contributed by atoms with Gasteiger partial charge in [0.05, 0.1) is 6.54 Å². The topological polar surface area (TPSA) is 29.5 Å². The normalized spacial score (nSPS) is 10.4. The van der Waals surface area contributed by atoms with Gasteiger partial charge in [-0.25, -0.2) is 0 Å². The van der Waals surface area contributed by atoms with Gasteiger partial charge in [0.15, 0.2) is 6.61 Å². The fraction of sp³-hybridized carbons (Fsp3) is 0.190. The lowest BCUT2D eigenvalue weighted by atomic mass is 10.0. The number of amides is 1. The summed E-state index contributed by atoms with van der Waals surface area (Å²) >= 11 is 1.65. The van der Waals surface area contributed by atoms with E-state index in [4.69, 9.17) is 4.74 Å². The van der Waals surface area contributed by atoms with Gasteiger partial charge in [0.2, 0.25) is 0 Å². The number of rotatable bonds is 7. The monoisotopic (exact) mass is 351 g/mol. The average molecular weight is 351 g/mol. The van der Waals surface area contributed by atoms with Crippen molar-refractivity contribution in [1.29, 1.82) is 0 Å². The lowest BCUT2D eigenvalue weighted by molar-refractivity contribution is -0.132. The fourth-order valence-electron chi connectivity index (χ4n) is 2.58. The Labute approximate surface area is 152 Å². The number of benzene rings is 2. The molecule has 1 amide bonds. The summed E-state index contributed by atoms with van der Waals surface area (Å²) in [6.07, 6.45) is 0.788. The van der Waals surface area contributed by atoms with E-state index in [0.717, 1.165) is 17.7 Å². The van der Waals surface area contributed by atoms with Crippen LogP contribution >= 0.6 is 11.3 Å². The number of likely N-dealkylation sites (N-methyl/N-ethyl adjacent to an activating group) is 1. The van der Waals surface area contributed by atoms with E-state index in [9.17, 15) is 4.79 Å². The van der Waals surface area contributed by atoms with Gasteiger partial charge in [0.1, 0.15) is 5.75 Å². The zero-order valence-corrected chi connectivity index (χ0v) is 15.0. The van der Waals surface area contributed by atoms with Crippen LogP contribution in [0.2, 0.25) is 0 Å². The first kappa shape index (κ1) is 17.2. The van der Waals surface area contributed by atoms with Crippen molar-refractivity contribution in [2.24, 2.45) is 0 Å². The average Bonchev–Trinajstić information content (AvgIpc) is 3.14. The molecule has 0 bridgehead atoms. The highest BCUT2D eigenvalue weighted by Crippen LogP contribution is 2.21. The van der Waals surface area contributed by atoms with E-state index in [1.54, 1.807) is 23.3 Å². The Morgan fingerprint density at radius 2 is 1.76 bits per heavy atom. The summed E-state index contributed by atoms with van der Waals surface area (Å²) in [4.78, 5) is 15.2. The molecule has 0 aliphatic rings. The van der Waals surface area contributed by atoms with E-state index in [-0.39, 0.29) is 12.5 Å². The third-order valence-electron chi connectivity index (χ3n) is 3.96. The molecule has 4 heteroatoms. The molecular weight excluding hydrogens is 330 g/mol. The molecular formula is C21H21NO2S. The molecule has 128 valence electrons. The van der Waals surface area contributed by atoms with E-state index in [2.05, 4.69) is 12.1 Å². The molecule has 1 heterocycles. The predicted octanol–water partition coefficient (Wildman–Crippen LogP) is 4.38. The van der Waals surface area contributed by atoms with Crippen LogP contribution in [0.15, 0.2) is 72.1 Å². The van der Waals surface area contributed by atoms with E-state index in [1.807, 2.05) is 60.0 Å². The summed E-state index contributed by atoms with van der Waals surface area (Å²) < 4.78 is 5.82. The lowest BCUT2D eigenvalue weighted by Crippen LogP contribution is -2.30. The molecule has 25 heavy (non-hydrogen) atoms. The maximum Gasteiger partial charge on any atom is 0.260 e. The molecule has 0 saturated carbocycles. The van der Waals surface area contributed by atoms with Gasteiger partial charge < -0.3 is 9.64 Å². The van der Waals surface area contributed by atoms with Crippen LogP contribution in [-0.4, -0.2) is 24.5 Å². The second-order valence-corrected chi connectivity index (χ2v) is 6.92. The molecule has 2 aromatic carbocycles. The number of carbonyl (C=O) groups excluding carboxylic acids is 1. The minimum Gasteiger partial charge on any atom is -0.483 e. The highest BCUT2D eigenvalue weighted by Gasteiger charge is 2.12. The van der Waals surface area contributed by atoms with Crippen molar-refractivity contribution in [3.05, 3.63) is 88.1 Å². The summed E-state index contributed by atoms with van der Waals surface area (Å²) in [5.74, 6) is 0.743. The van der Waals surface area contributed by atoms with Crippen molar-refractivity contribution in [2.75, 3.05) is 13.7 Å². The number of nitrogens with zero attached hydrogens (tertiary/aromatic N) is 1. The Morgan fingerprint density at radius 3 is 2.52 bits per heavy atom. The van der Waals surface area contributed by atoms with Crippen molar-refractivity contribution < 1.29 is 9.53 Å². The van der Waals surface area contributed by atoms with Crippen LogP contribution in [0, 0.1) is 0 Å². The standard InChI is InChI=1S/C21H21NO2S/c1-22(15-19-11-7-13-25-19)21(23)16-24-20-12-6-5-10-18(20)14-17-8-3-2-4-9-17/h2-13H,14-16H2,1H3. The first-order valence-corrected chi connectivity index (χ1v) is 9.11. The van der Waals surface area contributed by atoms with E-state index in [0.29, 0.717) is 6.54 Å². The highest BCUT2D eigenvalue weighted by atomic mass is 32.1. The van der Waals surface area contributed by atoms with Crippen molar-refractivity contribution >= 4 is 17.2 Å². The van der Waals surface area contributed by atoms with Crippen LogP contribution in [0.4, 0.5) is 0 Å². The van der Waals surface area contributed by atoms with Gasteiger partial charge >= 0.3 is 0 Å². The molecule has 0 aliphatic carbocycles. The molecule has 0 radical (unpaired) electrons. The Kier molecular flexibility index (Phi) is 5.86. The summed E-state index contributed by atoms with van der Waals surface area (Å²) in [6, 6.07) is 22.2. The molecule has 3 aromatic rings. The molecule has 0 unspecified atom stereocenters. The van der Waals surface area contributed by atoms with E-state index >= 15 is 0 Å². The van der Waals surface area contributed by atoms with Crippen LogP contribution in [0.5, 0.6) is 5.75 Å². The molecule has 0 fully saturated rings. The van der Waals surface area contributed by atoms with E-state index < -0.39 is 0 Å². The second-order valence-electron chi connectivity index (χ2n) is 5.89. The second kappa shape index (κ2) is 8.49. The van der Waals surface area contributed by atoms with Crippen molar-refractivity contribution in [3.8, 4) is 5.75 Å². The van der Waals surface area contributed by atoms with Crippen molar-refractivity contribution in [2.45, 2.75) is 13.0 Å². The first-order valence-electron chi connectivity index (χ1n) is 8.23. The SMILES string of the molecule is CN(Cc1cccs1)C(=O)COc1ccccc1Cc1ccccc1. The van der Waals surface area contributed by atoms with Gasteiger partial charge in [-0.2, -0.15) is 0 Å². The number of ether oxygens (including phenoxy) is 1.